The number of nitrogens with zero attached hydrogens (tertiary/aromatic N) is 1. The Kier molecular flexibility index (Phi) is 5.41. The SMILES string of the molecule is COc1ccccc1S(=O)(=O)c1ccc(NC(=O)NCc2cnco2)cc1. The molecule has 27 heavy (non-hydrogen) atoms. The number of oxazole rings is 1. The van der Waals surface area contributed by atoms with Crippen LogP contribution in [0.15, 0.2) is 75.3 Å². The summed E-state index contributed by atoms with van der Waals surface area (Å²) in [5.41, 5.74) is 0.448. The fourth-order valence-corrected chi connectivity index (χ4v) is 3.78. The fraction of sp³-hybridized carbons (Fsp3) is 0.111. The number of ether oxygens (including phenoxy) is 1. The van der Waals surface area contributed by atoms with Crippen LogP contribution < -0.4 is 15.4 Å². The van der Waals surface area contributed by atoms with Crippen molar-refractivity contribution < 1.29 is 22.4 Å². The number of benzene rings is 2. The number of para-hydroxylation sites is 1. The van der Waals surface area contributed by atoms with Gasteiger partial charge in [0.05, 0.1) is 24.7 Å². The molecule has 2 amide bonds. The van der Waals surface area contributed by atoms with Crippen LogP contribution in [0.5, 0.6) is 5.75 Å². The van der Waals surface area contributed by atoms with Crippen LogP contribution in [0.1, 0.15) is 5.76 Å². The zero-order valence-electron chi connectivity index (χ0n) is 14.4. The lowest BCUT2D eigenvalue weighted by Crippen LogP contribution is -2.28. The molecule has 0 saturated carbocycles. The van der Waals surface area contributed by atoms with Crippen molar-refractivity contribution in [1.82, 2.24) is 10.3 Å². The molecule has 0 spiro atoms. The summed E-state index contributed by atoms with van der Waals surface area (Å²) in [5, 5.41) is 5.21. The summed E-state index contributed by atoms with van der Waals surface area (Å²) < 4.78 is 35.7. The predicted molar refractivity (Wildman–Crippen MR) is 97.2 cm³/mol. The van der Waals surface area contributed by atoms with Crippen LogP contribution in [0.4, 0.5) is 10.5 Å². The average Bonchev–Trinajstić information content (AvgIpc) is 3.20. The van der Waals surface area contributed by atoms with Gasteiger partial charge in [0.1, 0.15) is 16.4 Å². The highest BCUT2D eigenvalue weighted by Crippen LogP contribution is 2.29. The molecule has 0 aliphatic rings. The van der Waals surface area contributed by atoms with Gasteiger partial charge in [0.2, 0.25) is 9.84 Å². The van der Waals surface area contributed by atoms with Gasteiger partial charge in [-0.15, -0.1) is 0 Å². The van der Waals surface area contributed by atoms with Crippen LogP contribution in [0, 0.1) is 0 Å². The van der Waals surface area contributed by atoms with Gasteiger partial charge in [0.15, 0.2) is 6.39 Å². The minimum Gasteiger partial charge on any atom is -0.495 e. The van der Waals surface area contributed by atoms with E-state index in [2.05, 4.69) is 15.6 Å². The summed E-state index contributed by atoms with van der Waals surface area (Å²) in [5.74, 6) is 0.787. The molecule has 0 fully saturated rings. The van der Waals surface area contributed by atoms with E-state index >= 15 is 0 Å². The van der Waals surface area contributed by atoms with Gasteiger partial charge in [-0.3, -0.25) is 0 Å². The molecular formula is C18H17N3O5S. The molecule has 2 aromatic carbocycles. The van der Waals surface area contributed by atoms with Gasteiger partial charge in [-0.05, 0) is 36.4 Å². The summed E-state index contributed by atoms with van der Waals surface area (Å²) in [6.07, 6.45) is 2.77. The highest BCUT2D eigenvalue weighted by atomic mass is 32.2. The Balaban J connectivity index is 1.70. The second-order valence-electron chi connectivity index (χ2n) is 5.45. The van der Waals surface area contributed by atoms with E-state index in [4.69, 9.17) is 9.15 Å². The van der Waals surface area contributed by atoms with Crippen LogP contribution in [0.2, 0.25) is 0 Å². The van der Waals surface area contributed by atoms with E-state index in [0.717, 1.165) is 0 Å². The number of anilines is 1. The number of methoxy groups -OCH3 is 1. The molecule has 0 aliphatic heterocycles. The van der Waals surface area contributed by atoms with E-state index in [9.17, 15) is 13.2 Å². The maximum Gasteiger partial charge on any atom is 0.319 e. The topological polar surface area (TPSA) is 111 Å². The van der Waals surface area contributed by atoms with Crippen LogP contribution in [-0.2, 0) is 16.4 Å². The molecule has 3 aromatic rings. The van der Waals surface area contributed by atoms with Crippen molar-refractivity contribution in [3.63, 3.8) is 0 Å². The molecule has 2 N–H and O–H groups in total. The third-order valence-corrected chi connectivity index (χ3v) is 5.50. The van der Waals surface area contributed by atoms with E-state index < -0.39 is 15.9 Å². The van der Waals surface area contributed by atoms with Crippen molar-refractivity contribution >= 4 is 21.6 Å². The zero-order valence-corrected chi connectivity index (χ0v) is 15.2. The molecule has 8 nitrogen and oxygen atoms in total. The third-order valence-electron chi connectivity index (χ3n) is 3.69. The van der Waals surface area contributed by atoms with Gasteiger partial charge in [-0.1, -0.05) is 12.1 Å². The molecule has 0 bridgehead atoms. The summed E-state index contributed by atoms with van der Waals surface area (Å²) in [7, 11) is -2.32. The number of nitrogens with one attached hydrogen (secondary N) is 2. The number of hydrogen-bond acceptors (Lipinski definition) is 6. The Morgan fingerprint density at radius 2 is 1.89 bits per heavy atom. The number of hydrogen-bond donors (Lipinski definition) is 2. The number of carbonyl (C=O) groups is 1. The minimum atomic E-state index is -3.74. The predicted octanol–water partition coefficient (Wildman–Crippen LogP) is 2.84. The number of carbonyl (C=O) groups excluding carboxylic acids is 1. The molecule has 140 valence electrons. The molecule has 3 rings (SSSR count). The third kappa shape index (κ3) is 4.26. The van der Waals surface area contributed by atoms with Crippen molar-refractivity contribution in [3.05, 3.63) is 66.9 Å². The molecule has 0 unspecified atom stereocenters. The van der Waals surface area contributed by atoms with Crippen molar-refractivity contribution in [2.24, 2.45) is 0 Å². The molecule has 1 heterocycles. The van der Waals surface area contributed by atoms with Crippen molar-refractivity contribution in [2.75, 3.05) is 12.4 Å². The summed E-state index contributed by atoms with van der Waals surface area (Å²) in [6, 6.07) is 11.8. The molecule has 1 aromatic heterocycles. The number of amides is 2. The first-order chi connectivity index (χ1) is 13.0. The van der Waals surface area contributed by atoms with E-state index in [0.29, 0.717) is 11.4 Å². The molecule has 0 saturated heterocycles. The normalized spacial score (nSPS) is 11.0. The Labute approximate surface area is 156 Å². The number of aromatic nitrogens is 1. The molecule has 9 heteroatoms. The first-order valence-corrected chi connectivity index (χ1v) is 9.39. The Morgan fingerprint density at radius 3 is 2.56 bits per heavy atom. The maximum absolute atomic E-state index is 12.8. The van der Waals surface area contributed by atoms with Crippen LogP contribution in [0.3, 0.4) is 0 Å². The highest BCUT2D eigenvalue weighted by Gasteiger charge is 2.21. The largest absolute Gasteiger partial charge is 0.495 e. The lowest BCUT2D eigenvalue weighted by atomic mass is 10.3. The lowest BCUT2D eigenvalue weighted by molar-refractivity contribution is 0.251. The van der Waals surface area contributed by atoms with Crippen molar-refractivity contribution in [1.29, 1.82) is 0 Å². The van der Waals surface area contributed by atoms with Gasteiger partial charge >= 0.3 is 6.03 Å². The molecule has 0 aliphatic carbocycles. The second kappa shape index (κ2) is 7.92. The molecule has 0 atom stereocenters. The van der Waals surface area contributed by atoms with E-state index in [1.165, 1.54) is 50.0 Å². The monoisotopic (exact) mass is 387 g/mol. The van der Waals surface area contributed by atoms with Gasteiger partial charge < -0.3 is 19.8 Å². The van der Waals surface area contributed by atoms with Gasteiger partial charge in [0, 0.05) is 5.69 Å². The fourth-order valence-electron chi connectivity index (χ4n) is 2.36. The van der Waals surface area contributed by atoms with Crippen molar-refractivity contribution in [3.8, 4) is 5.75 Å². The standard InChI is InChI=1S/C18H17N3O5S/c1-25-16-4-2-3-5-17(16)27(23,24)15-8-6-13(7-9-15)21-18(22)20-11-14-10-19-12-26-14/h2-10,12H,11H2,1H3,(H2,20,21,22). The average molecular weight is 387 g/mol. The van der Waals surface area contributed by atoms with Crippen molar-refractivity contribution in [2.45, 2.75) is 16.3 Å². The number of rotatable bonds is 6. The first kappa shape index (κ1) is 18.5. The smallest absolute Gasteiger partial charge is 0.319 e. The van der Waals surface area contributed by atoms with E-state index in [1.807, 2.05) is 0 Å². The summed E-state index contributed by atoms with van der Waals surface area (Å²) >= 11 is 0. The summed E-state index contributed by atoms with van der Waals surface area (Å²) in [6.45, 7) is 0.187. The number of urea groups is 1. The Hall–Kier alpha value is -3.33. The Bertz CT molecular complexity index is 1020. The van der Waals surface area contributed by atoms with Gasteiger partial charge in [-0.25, -0.2) is 18.2 Å². The van der Waals surface area contributed by atoms with Gasteiger partial charge in [0.25, 0.3) is 0 Å². The quantitative estimate of drug-likeness (QED) is 0.673. The maximum atomic E-state index is 12.8. The number of sulfone groups is 1. The van der Waals surface area contributed by atoms with Gasteiger partial charge in [-0.2, -0.15) is 0 Å². The summed E-state index contributed by atoms with van der Waals surface area (Å²) in [4.78, 5) is 15.8. The van der Waals surface area contributed by atoms with Crippen LogP contribution >= 0.6 is 0 Å². The lowest BCUT2D eigenvalue weighted by Gasteiger charge is -2.10. The zero-order chi connectivity index (χ0) is 19.3. The molecular weight excluding hydrogens is 370 g/mol. The second-order valence-corrected chi connectivity index (χ2v) is 7.37. The van der Waals surface area contributed by atoms with Crippen LogP contribution in [0.25, 0.3) is 0 Å². The highest BCUT2D eigenvalue weighted by molar-refractivity contribution is 7.91. The molecule has 0 radical (unpaired) electrons. The first-order valence-electron chi connectivity index (χ1n) is 7.91. The minimum absolute atomic E-state index is 0.0815. The van der Waals surface area contributed by atoms with E-state index in [1.54, 1.807) is 18.2 Å². The van der Waals surface area contributed by atoms with E-state index in [-0.39, 0.29) is 22.1 Å². The Morgan fingerprint density at radius 1 is 1.15 bits per heavy atom. The van der Waals surface area contributed by atoms with Crippen LogP contribution in [-0.4, -0.2) is 26.5 Å².